The Kier molecular flexibility index (Phi) is 3.74. The average Bonchev–Trinajstić information content (AvgIpc) is 2.89. The van der Waals surface area contributed by atoms with Gasteiger partial charge in [0.1, 0.15) is 11.6 Å². The first kappa shape index (κ1) is 13.2. The van der Waals surface area contributed by atoms with Gasteiger partial charge in [-0.1, -0.05) is 26.0 Å². The molecule has 20 heavy (non-hydrogen) atoms. The molecule has 0 spiro atoms. The van der Waals surface area contributed by atoms with E-state index in [0.717, 1.165) is 43.3 Å². The third-order valence-corrected chi connectivity index (χ3v) is 3.40. The third kappa shape index (κ3) is 2.85. The number of aromatic amines is 1. The van der Waals surface area contributed by atoms with Crippen molar-refractivity contribution in [2.45, 2.75) is 26.8 Å². The predicted octanol–water partition coefficient (Wildman–Crippen LogP) is 2.76. The summed E-state index contributed by atoms with van der Waals surface area (Å²) in [6.07, 6.45) is 0.995. The van der Waals surface area contributed by atoms with Crippen LogP contribution in [0, 0.1) is 5.92 Å². The molecule has 0 fully saturated rings. The van der Waals surface area contributed by atoms with Crippen LogP contribution in [0.1, 0.15) is 25.2 Å². The second-order valence-corrected chi connectivity index (χ2v) is 5.67. The lowest BCUT2D eigenvalue weighted by Crippen LogP contribution is -2.23. The second-order valence-electron chi connectivity index (χ2n) is 5.67. The molecule has 0 aliphatic carbocycles. The molecule has 2 heterocycles. The normalized spacial score (nSPS) is 14.3. The molecule has 2 N–H and O–H groups in total. The lowest BCUT2D eigenvalue weighted by Gasteiger charge is -2.09. The fourth-order valence-corrected chi connectivity index (χ4v) is 2.35. The fraction of sp³-hybridized carbons (Fsp3) is 0.438. The van der Waals surface area contributed by atoms with Gasteiger partial charge in [-0.25, -0.2) is 4.98 Å². The fourth-order valence-electron chi connectivity index (χ4n) is 2.35. The van der Waals surface area contributed by atoms with E-state index in [1.807, 2.05) is 12.1 Å². The maximum atomic E-state index is 5.78. The summed E-state index contributed by atoms with van der Waals surface area (Å²) >= 11 is 0. The highest BCUT2D eigenvalue weighted by atomic mass is 16.5. The third-order valence-electron chi connectivity index (χ3n) is 3.40. The Labute approximate surface area is 119 Å². The molecular formula is C16H21N3O. The number of aromatic nitrogens is 2. The van der Waals surface area contributed by atoms with Gasteiger partial charge in [0.25, 0.3) is 0 Å². The van der Waals surface area contributed by atoms with Gasteiger partial charge in [0.2, 0.25) is 0 Å². The van der Waals surface area contributed by atoms with Crippen molar-refractivity contribution >= 4 is 0 Å². The maximum Gasteiger partial charge on any atom is 0.137 e. The molecule has 0 saturated heterocycles. The summed E-state index contributed by atoms with van der Waals surface area (Å²) < 4.78 is 5.78. The van der Waals surface area contributed by atoms with Gasteiger partial charge in [0.15, 0.2) is 0 Å². The van der Waals surface area contributed by atoms with Crippen LogP contribution < -0.4 is 10.1 Å². The number of imidazole rings is 1. The molecular weight excluding hydrogens is 250 g/mol. The SMILES string of the molecule is CC(C)COc1cccc(-c2nc3c([nH]2)CNCC3)c1. The molecule has 4 nitrogen and oxygen atoms in total. The van der Waals surface area contributed by atoms with E-state index in [1.165, 1.54) is 11.4 Å². The number of nitrogens with one attached hydrogen (secondary N) is 2. The number of ether oxygens (including phenoxy) is 1. The van der Waals surface area contributed by atoms with Crippen LogP contribution in [0.5, 0.6) is 5.75 Å². The predicted molar refractivity (Wildman–Crippen MR) is 79.8 cm³/mol. The smallest absolute Gasteiger partial charge is 0.137 e. The quantitative estimate of drug-likeness (QED) is 0.899. The van der Waals surface area contributed by atoms with Crippen LogP contribution in [0.4, 0.5) is 0 Å². The van der Waals surface area contributed by atoms with Crippen molar-refractivity contribution < 1.29 is 4.74 Å². The first-order valence-electron chi connectivity index (χ1n) is 7.24. The monoisotopic (exact) mass is 271 g/mol. The molecule has 0 atom stereocenters. The maximum absolute atomic E-state index is 5.78. The summed E-state index contributed by atoms with van der Waals surface area (Å²) in [7, 11) is 0. The summed E-state index contributed by atoms with van der Waals surface area (Å²) in [6, 6.07) is 8.14. The molecule has 0 unspecified atom stereocenters. The van der Waals surface area contributed by atoms with Gasteiger partial charge in [-0.05, 0) is 18.1 Å². The lowest BCUT2D eigenvalue weighted by atomic mass is 10.2. The van der Waals surface area contributed by atoms with Gasteiger partial charge >= 0.3 is 0 Å². The largest absolute Gasteiger partial charge is 0.493 e. The van der Waals surface area contributed by atoms with Crippen LogP contribution in [-0.4, -0.2) is 23.1 Å². The topological polar surface area (TPSA) is 49.9 Å². The molecule has 2 aromatic rings. The summed E-state index contributed by atoms with van der Waals surface area (Å²) in [5, 5.41) is 3.35. The van der Waals surface area contributed by atoms with E-state index in [2.05, 4.69) is 36.3 Å². The van der Waals surface area contributed by atoms with Crippen LogP contribution in [0.15, 0.2) is 24.3 Å². The van der Waals surface area contributed by atoms with E-state index in [-0.39, 0.29) is 0 Å². The Morgan fingerprint density at radius 2 is 2.25 bits per heavy atom. The first-order chi connectivity index (χ1) is 9.72. The molecule has 1 aromatic carbocycles. The average molecular weight is 271 g/mol. The number of hydrogen-bond acceptors (Lipinski definition) is 3. The molecule has 0 radical (unpaired) electrons. The van der Waals surface area contributed by atoms with Crippen LogP contribution in [0.25, 0.3) is 11.4 Å². The van der Waals surface area contributed by atoms with Crippen molar-refractivity contribution in [3.8, 4) is 17.1 Å². The molecule has 0 amide bonds. The number of fused-ring (bicyclic) bond motifs is 1. The Balaban J connectivity index is 1.82. The van der Waals surface area contributed by atoms with E-state index in [9.17, 15) is 0 Å². The Morgan fingerprint density at radius 3 is 3.05 bits per heavy atom. The number of hydrogen-bond donors (Lipinski definition) is 2. The van der Waals surface area contributed by atoms with Gasteiger partial charge in [-0.2, -0.15) is 0 Å². The molecule has 4 heteroatoms. The highest BCUT2D eigenvalue weighted by Gasteiger charge is 2.14. The number of nitrogens with zero attached hydrogens (tertiary/aromatic N) is 1. The van der Waals surface area contributed by atoms with Crippen molar-refractivity contribution in [1.29, 1.82) is 0 Å². The summed E-state index contributed by atoms with van der Waals surface area (Å²) in [5.41, 5.74) is 3.48. The van der Waals surface area contributed by atoms with Gasteiger partial charge in [0, 0.05) is 25.1 Å². The van der Waals surface area contributed by atoms with Crippen LogP contribution >= 0.6 is 0 Å². The zero-order valence-electron chi connectivity index (χ0n) is 12.1. The van der Waals surface area contributed by atoms with Gasteiger partial charge in [0.05, 0.1) is 18.0 Å². The van der Waals surface area contributed by atoms with Gasteiger partial charge in [-0.15, -0.1) is 0 Å². The van der Waals surface area contributed by atoms with Crippen molar-refractivity contribution in [1.82, 2.24) is 15.3 Å². The molecule has 1 aliphatic heterocycles. The van der Waals surface area contributed by atoms with Crippen LogP contribution in [-0.2, 0) is 13.0 Å². The van der Waals surface area contributed by atoms with Gasteiger partial charge in [-0.3, -0.25) is 0 Å². The van der Waals surface area contributed by atoms with Crippen LogP contribution in [0.3, 0.4) is 0 Å². The van der Waals surface area contributed by atoms with E-state index in [4.69, 9.17) is 9.72 Å². The zero-order valence-corrected chi connectivity index (χ0v) is 12.1. The van der Waals surface area contributed by atoms with Crippen molar-refractivity contribution in [3.63, 3.8) is 0 Å². The Morgan fingerprint density at radius 1 is 1.35 bits per heavy atom. The Bertz CT molecular complexity index is 566. The summed E-state index contributed by atoms with van der Waals surface area (Å²) in [5.74, 6) is 2.37. The summed E-state index contributed by atoms with van der Waals surface area (Å²) in [6.45, 7) is 6.93. The standard InChI is InChI=1S/C16H21N3O/c1-11(2)10-20-13-5-3-4-12(8-13)16-18-14-6-7-17-9-15(14)19-16/h3-5,8,11,17H,6-7,9-10H2,1-2H3,(H,18,19). The minimum absolute atomic E-state index is 0.528. The molecule has 0 saturated carbocycles. The molecule has 1 aliphatic rings. The lowest BCUT2D eigenvalue weighted by molar-refractivity contribution is 0.271. The highest BCUT2D eigenvalue weighted by Crippen LogP contribution is 2.24. The van der Waals surface area contributed by atoms with Crippen molar-refractivity contribution in [3.05, 3.63) is 35.7 Å². The minimum atomic E-state index is 0.528. The first-order valence-corrected chi connectivity index (χ1v) is 7.24. The highest BCUT2D eigenvalue weighted by molar-refractivity contribution is 5.58. The Hall–Kier alpha value is -1.81. The molecule has 1 aromatic heterocycles. The van der Waals surface area contributed by atoms with E-state index < -0.39 is 0 Å². The number of rotatable bonds is 4. The summed E-state index contributed by atoms with van der Waals surface area (Å²) in [4.78, 5) is 8.12. The van der Waals surface area contributed by atoms with Crippen molar-refractivity contribution in [2.75, 3.05) is 13.2 Å². The zero-order chi connectivity index (χ0) is 13.9. The van der Waals surface area contributed by atoms with E-state index >= 15 is 0 Å². The number of benzene rings is 1. The second kappa shape index (κ2) is 5.67. The van der Waals surface area contributed by atoms with Crippen molar-refractivity contribution in [2.24, 2.45) is 5.92 Å². The van der Waals surface area contributed by atoms with E-state index in [0.29, 0.717) is 5.92 Å². The van der Waals surface area contributed by atoms with Gasteiger partial charge < -0.3 is 15.0 Å². The van der Waals surface area contributed by atoms with E-state index in [1.54, 1.807) is 0 Å². The van der Waals surface area contributed by atoms with Crippen LogP contribution in [0.2, 0.25) is 0 Å². The number of H-pyrrole nitrogens is 1. The molecule has 106 valence electrons. The minimum Gasteiger partial charge on any atom is -0.493 e. The molecule has 3 rings (SSSR count). The molecule has 0 bridgehead atoms.